The monoisotopic (exact) mass is 135 g/mol. The summed E-state index contributed by atoms with van der Waals surface area (Å²) in [6.45, 7) is 0. The van der Waals surface area contributed by atoms with Crippen LogP contribution in [0.15, 0.2) is 16.9 Å². The zero-order valence-corrected chi connectivity index (χ0v) is 5.09. The minimum absolute atomic E-state index is 0.693. The van der Waals surface area contributed by atoms with Gasteiger partial charge in [-0.3, -0.25) is 5.10 Å². The summed E-state index contributed by atoms with van der Waals surface area (Å²) in [6, 6.07) is 0. The van der Waals surface area contributed by atoms with Gasteiger partial charge in [0.1, 0.15) is 11.8 Å². The zero-order valence-electron chi connectivity index (χ0n) is 5.09. The van der Waals surface area contributed by atoms with Crippen LogP contribution in [0.1, 0.15) is 5.56 Å². The van der Waals surface area contributed by atoms with Gasteiger partial charge in [0, 0.05) is 6.21 Å². The molecule has 4 nitrogen and oxygen atoms in total. The standard InChI is InChI=1S/C6H5N3O/c7-1-4-3-10-5-2-8-9-6(4)5/h1-3,7H,(H,8,9). The van der Waals surface area contributed by atoms with Crippen molar-refractivity contribution in [1.29, 1.82) is 5.41 Å². The lowest BCUT2D eigenvalue weighted by molar-refractivity contribution is 0.615. The van der Waals surface area contributed by atoms with E-state index in [4.69, 9.17) is 9.83 Å². The molecule has 0 aliphatic rings. The van der Waals surface area contributed by atoms with Crippen LogP contribution >= 0.6 is 0 Å². The van der Waals surface area contributed by atoms with Gasteiger partial charge in [0.25, 0.3) is 0 Å². The summed E-state index contributed by atoms with van der Waals surface area (Å²) in [5, 5.41) is 13.4. The fraction of sp³-hybridized carbons (Fsp3) is 0. The highest BCUT2D eigenvalue weighted by atomic mass is 16.3. The third-order valence-corrected chi connectivity index (χ3v) is 1.36. The van der Waals surface area contributed by atoms with Crippen LogP contribution in [0.4, 0.5) is 0 Å². The van der Waals surface area contributed by atoms with E-state index in [1.54, 1.807) is 6.20 Å². The number of nitrogens with zero attached hydrogens (tertiary/aromatic N) is 1. The Bertz CT molecular complexity index is 360. The maximum atomic E-state index is 6.95. The number of rotatable bonds is 1. The molecular weight excluding hydrogens is 130 g/mol. The van der Waals surface area contributed by atoms with Gasteiger partial charge >= 0.3 is 0 Å². The Morgan fingerprint density at radius 1 is 1.70 bits per heavy atom. The highest BCUT2D eigenvalue weighted by Gasteiger charge is 2.03. The number of hydrogen-bond acceptors (Lipinski definition) is 3. The second-order valence-corrected chi connectivity index (χ2v) is 1.94. The van der Waals surface area contributed by atoms with Gasteiger partial charge in [-0.05, 0) is 0 Å². The van der Waals surface area contributed by atoms with Crippen molar-refractivity contribution in [2.75, 3.05) is 0 Å². The number of nitrogens with one attached hydrogen (secondary N) is 2. The topological polar surface area (TPSA) is 65.7 Å². The van der Waals surface area contributed by atoms with Crippen molar-refractivity contribution in [2.45, 2.75) is 0 Å². The maximum absolute atomic E-state index is 6.95. The van der Waals surface area contributed by atoms with Crippen LogP contribution in [0.5, 0.6) is 0 Å². The molecule has 4 heteroatoms. The Balaban J connectivity index is 2.88. The number of aromatic nitrogens is 2. The fourth-order valence-corrected chi connectivity index (χ4v) is 0.863. The highest BCUT2D eigenvalue weighted by molar-refractivity contribution is 5.93. The molecule has 0 spiro atoms. The van der Waals surface area contributed by atoms with E-state index < -0.39 is 0 Å². The van der Waals surface area contributed by atoms with Gasteiger partial charge in [0.15, 0.2) is 5.58 Å². The third-order valence-electron chi connectivity index (χ3n) is 1.36. The van der Waals surface area contributed by atoms with Crippen molar-refractivity contribution in [3.8, 4) is 0 Å². The molecule has 2 aromatic heterocycles. The van der Waals surface area contributed by atoms with Crippen molar-refractivity contribution in [2.24, 2.45) is 0 Å². The van der Waals surface area contributed by atoms with E-state index in [0.29, 0.717) is 5.58 Å². The molecule has 0 unspecified atom stereocenters. The molecule has 50 valence electrons. The second kappa shape index (κ2) is 1.70. The first-order valence-corrected chi connectivity index (χ1v) is 2.83. The Morgan fingerprint density at radius 2 is 2.60 bits per heavy atom. The van der Waals surface area contributed by atoms with Gasteiger partial charge in [-0.2, -0.15) is 5.10 Å². The lowest BCUT2D eigenvalue weighted by Crippen LogP contribution is -1.74. The number of furan rings is 1. The molecule has 0 saturated carbocycles. The molecule has 0 bridgehead atoms. The second-order valence-electron chi connectivity index (χ2n) is 1.94. The molecule has 0 atom stereocenters. The molecule has 10 heavy (non-hydrogen) atoms. The number of H-pyrrole nitrogens is 1. The fourth-order valence-electron chi connectivity index (χ4n) is 0.863. The Morgan fingerprint density at radius 3 is 3.40 bits per heavy atom. The summed E-state index contributed by atoms with van der Waals surface area (Å²) in [4.78, 5) is 0. The van der Waals surface area contributed by atoms with E-state index in [0.717, 1.165) is 11.1 Å². The SMILES string of the molecule is N=Cc1coc2cn[nH]c12. The van der Waals surface area contributed by atoms with Crippen LogP contribution in [0.2, 0.25) is 0 Å². The molecule has 0 aromatic carbocycles. The normalized spacial score (nSPS) is 10.4. The summed E-state index contributed by atoms with van der Waals surface area (Å²) >= 11 is 0. The summed E-state index contributed by atoms with van der Waals surface area (Å²) in [5.74, 6) is 0. The highest BCUT2D eigenvalue weighted by Crippen LogP contribution is 2.15. The molecule has 2 rings (SSSR count). The van der Waals surface area contributed by atoms with E-state index in [1.807, 2.05) is 0 Å². The van der Waals surface area contributed by atoms with Gasteiger partial charge in [0.05, 0.1) is 11.8 Å². The molecule has 2 heterocycles. The Labute approximate surface area is 56.4 Å². The summed E-state index contributed by atoms with van der Waals surface area (Å²) in [5.41, 5.74) is 2.21. The Kier molecular flexibility index (Phi) is 0.887. The van der Waals surface area contributed by atoms with Crippen molar-refractivity contribution in [1.82, 2.24) is 10.2 Å². The minimum atomic E-state index is 0.693. The molecule has 0 aliphatic carbocycles. The summed E-state index contributed by atoms with van der Waals surface area (Å²) in [6.07, 6.45) is 4.34. The molecule has 0 radical (unpaired) electrons. The van der Waals surface area contributed by atoms with Crippen LogP contribution in [0, 0.1) is 5.41 Å². The van der Waals surface area contributed by atoms with E-state index in [9.17, 15) is 0 Å². The average molecular weight is 135 g/mol. The molecule has 0 aliphatic heterocycles. The van der Waals surface area contributed by atoms with Gasteiger partial charge in [-0.1, -0.05) is 0 Å². The molecule has 0 saturated heterocycles. The van der Waals surface area contributed by atoms with E-state index in [1.165, 1.54) is 12.5 Å². The van der Waals surface area contributed by atoms with E-state index >= 15 is 0 Å². The molecular formula is C6H5N3O. The third kappa shape index (κ3) is 0.500. The van der Waals surface area contributed by atoms with Crippen LogP contribution in [0.3, 0.4) is 0 Å². The number of fused-ring (bicyclic) bond motifs is 1. The zero-order chi connectivity index (χ0) is 6.97. The predicted octanol–water partition coefficient (Wildman–Crippen LogP) is 1.15. The number of hydrogen-bond donors (Lipinski definition) is 2. The lowest BCUT2D eigenvalue weighted by Gasteiger charge is -1.75. The largest absolute Gasteiger partial charge is 0.460 e. The number of aromatic amines is 1. The predicted molar refractivity (Wildman–Crippen MR) is 36.2 cm³/mol. The maximum Gasteiger partial charge on any atom is 0.172 e. The van der Waals surface area contributed by atoms with Crippen LogP contribution in [-0.4, -0.2) is 16.4 Å². The summed E-state index contributed by atoms with van der Waals surface area (Å²) in [7, 11) is 0. The quantitative estimate of drug-likeness (QED) is 0.576. The van der Waals surface area contributed by atoms with Crippen LogP contribution in [0.25, 0.3) is 11.1 Å². The van der Waals surface area contributed by atoms with Crippen molar-refractivity contribution < 1.29 is 4.42 Å². The van der Waals surface area contributed by atoms with Crippen LogP contribution in [-0.2, 0) is 0 Å². The Hall–Kier alpha value is -1.58. The first-order valence-electron chi connectivity index (χ1n) is 2.83. The molecule has 2 aromatic rings. The van der Waals surface area contributed by atoms with Gasteiger partial charge < -0.3 is 9.83 Å². The first kappa shape index (κ1) is 5.22. The summed E-state index contributed by atoms with van der Waals surface area (Å²) < 4.78 is 5.03. The molecule has 2 N–H and O–H groups in total. The smallest absolute Gasteiger partial charge is 0.172 e. The van der Waals surface area contributed by atoms with E-state index in [-0.39, 0.29) is 0 Å². The van der Waals surface area contributed by atoms with Crippen LogP contribution < -0.4 is 0 Å². The minimum Gasteiger partial charge on any atom is -0.460 e. The average Bonchev–Trinajstić information content (AvgIpc) is 2.44. The first-order chi connectivity index (χ1) is 4.92. The van der Waals surface area contributed by atoms with Crippen molar-refractivity contribution in [3.05, 3.63) is 18.0 Å². The van der Waals surface area contributed by atoms with Crippen molar-refractivity contribution in [3.63, 3.8) is 0 Å². The molecule has 0 fully saturated rings. The van der Waals surface area contributed by atoms with Crippen molar-refractivity contribution >= 4 is 17.3 Å². The van der Waals surface area contributed by atoms with Gasteiger partial charge in [-0.15, -0.1) is 0 Å². The lowest BCUT2D eigenvalue weighted by atomic mass is 10.3. The molecule has 0 amide bonds. The van der Waals surface area contributed by atoms with Gasteiger partial charge in [-0.25, -0.2) is 0 Å². The van der Waals surface area contributed by atoms with E-state index in [2.05, 4.69) is 10.2 Å². The van der Waals surface area contributed by atoms with Gasteiger partial charge in [0.2, 0.25) is 0 Å².